The standard InChI is InChI=1S/C14H22O2S/c1-9(2)11(4)17-13-8-6-7-12(16-5)14(13)10(3)15/h6-11,15H,1-5H3/t10-,11?/m0/s1. The number of hydrogen-bond donors (Lipinski definition) is 1. The third-order valence-corrected chi connectivity index (χ3v) is 4.44. The minimum atomic E-state index is -0.506. The molecule has 0 radical (unpaired) electrons. The number of methoxy groups -OCH3 is 1. The highest BCUT2D eigenvalue weighted by molar-refractivity contribution is 8.00. The van der Waals surface area contributed by atoms with Gasteiger partial charge in [0.15, 0.2) is 0 Å². The first-order valence-corrected chi connectivity index (χ1v) is 6.87. The van der Waals surface area contributed by atoms with Crippen LogP contribution >= 0.6 is 11.8 Å². The number of ether oxygens (including phenoxy) is 1. The van der Waals surface area contributed by atoms with E-state index in [4.69, 9.17) is 4.74 Å². The van der Waals surface area contributed by atoms with E-state index in [0.29, 0.717) is 11.2 Å². The van der Waals surface area contributed by atoms with E-state index in [2.05, 4.69) is 20.8 Å². The van der Waals surface area contributed by atoms with E-state index >= 15 is 0 Å². The highest BCUT2D eigenvalue weighted by atomic mass is 32.2. The van der Waals surface area contributed by atoms with Crippen molar-refractivity contribution in [3.8, 4) is 5.75 Å². The lowest BCUT2D eigenvalue weighted by Gasteiger charge is -2.20. The molecule has 0 aromatic heterocycles. The smallest absolute Gasteiger partial charge is 0.125 e. The van der Waals surface area contributed by atoms with Gasteiger partial charge >= 0.3 is 0 Å². The van der Waals surface area contributed by atoms with Crippen molar-refractivity contribution in [2.45, 2.75) is 43.9 Å². The molecule has 1 unspecified atom stereocenters. The Morgan fingerprint density at radius 3 is 2.29 bits per heavy atom. The molecule has 0 amide bonds. The van der Waals surface area contributed by atoms with Gasteiger partial charge in [-0.25, -0.2) is 0 Å². The second kappa shape index (κ2) is 6.31. The summed E-state index contributed by atoms with van der Waals surface area (Å²) >= 11 is 1.80. The van der Waals surface area contributed by atoms with Crippen LogP contribution in [0.4, 0.5) is 0 Å². The molecule has 3 heteroatoms. The highest BCUT2D eigenvalue weighted by Gasteiger charge is 2.17. The summed E-state index contributed by atoms with van der Waals surface area (Å²) in [4.78, 5) is 1.11. The Kier molecular flexibility index (Phi) is 5.34. The molecule has 2 nitrogen and oxygen atoms in total. The molecule has 96 valence electrons. The minimum Gasteiger partial charge on any atom is -0.496 e. The predicted molar refractivity (Wildman–Crippen MR) is 73.8 cm³/mol. The summed E-state index contributed by atoms with van der Waals surface area (Å²) in [5, 5.41) is 10.4. The fourth-order valence-corrected chi connectivity index (χ4v) is 2.78. The van der Waals surface area contributed by atoms with Crippen LogP contribution in [0.5, 0.6) is 5.75 Å². The molecule has 1 aromatic rings. The van der Waals surface area contributed by atoms with Crippen LogP contribution in [-0.4, -0.2) is 17.5 Å². The topological polar surface area (TPSA) is 29.5 Å². The molecule has 17 heavy (non-hydrogen) atoms. The molecule has 0 spiro atoms. The summed E-state index contributed by atoms with van der Waals surface area (Å²) in [7, 11) is 1.64. The van der Waals surface area contributed by atoms with Crippen LogP contribution in [-0.2, 0) is 0 Å². The first-order chi connectivity index (χ1) is 7.97. The molecule has 1 aromatic carbocycles. The zero-order valence-electron chi connectivity index (χ0n) is 11.2. The maximum absolute atomic E-state index is 9.87. The minimum absolute atomic E-state index is 0.506. The fraction of sp³-hybridized carbons (Fsp3) is 0.571. The van der Waals surface area contributed by atoms with Gasteiger partial charge in [-0.3, -0.25) is 0 Å². The summed E-state index contributed by atoms with van der Waals surface area (Å²) in [5.74, 6) is 1.37. The molecule has 0 aliphatic heterocycles. The quantitative estimate of drug-likeness (QED) is 0.808. The van der Waals surface area contributed by atoms with Crippen molar-refractivity contribution in [1.82, 2.24) is 0 Å². The van der Waals surface area contributed by atoms with Crippen molar-refractivity contribution >= 4 is 11.8 Å². The Morgan fingerprint density at radius 2 is 1.82 bits per heavy atom. The molecule has 2 atom stereocenters. The third-order valence-electron chi connectivity index (χ3n) is 2.92. The first-order valence-electron chi connectivity index (χ1n) is 5.99. The van der Waals surface area contributed by atoms with Crippen molar-refractivity contribution in [3.05, 3.63) is 23.8 Å². The Hall–Kier alpha value is -0.670. The number of hydrogen-bond acceptors (Lipinski definition) is 3. The van der Waals surface area contributed by atoms with Gasteiger partial charge < -0.3 is 9.84 Å². The molecule has 1 N–H and O–H groups in total. The van der Waals surface area contributed by atoms with Gasteiger partial charge in [0.2, 0.25) is 0 Å². The van der Waals surface area contributed by atoms with E-state index in [9.17, 15) is 5.11 Å². The van der Waals surface area contributed by atoms with Gasteiger partial charge in [0.1, 0.15) is 5.75 Å². The van der Waals surface area contributed by atoms with Crippen molar-refractivity contribution in [2.75, 3.05) is 7.11 Å². The van der Waals surface area contributed by atoms with Crippen LogP contribution in [0.25, 0.3) is 0 Å². The van der Waals surface area contributed by atoms with Gasteiger partial charge in [-0.2, -0.15) is 0 Å². The molecular weight excluding hydrogens is 232 g/mol. The van der Waals surface area contributed by atoms with Crippen molar-refractivity contribution in [3.63, 3.8) is 0 Å². The van der Waals surface area contributed by atoms with Crippen LogP contribution in [0.3, 0.4) is 0 Å². The van der Waals surface area contributed by atoms with Gasteiger partial charge in [0.25, 0.3) is 0 Å². The zero-order chi connectivity index (χ0) is 13.0. The average Bonchev–Trinajstić information content (AvgIpc) is 2.27. The highest BCUT2D eigenvalue weighted by Crippen LogP contribution is 2.38. The molecule has 0 saturated heterocycles. The van der Waals surface area contributed by atoms with Crippen LogP contribution in [0.15, 0.2) is 23.1 Å². The monoisotopic (exact) mass is 254 g/mol. The molecule has 0 aliphatic carbocycles. The van der Waals surface area contributed by atoms with E-state index in [0.717, 1.165) is 16.2 Å². The van der Waals surface area contributed by atoms with Crippen molar-refractivity contribution in [1.29, 1.82) is 0 Å². The lowest BCUT2D eigenvalue weighted by molar-refractivity contribution is 0.191. The normalized spacial score (nSPS) is 14.8. The Labute approximate surface area is 108 Å². The third kappa shape index (κ3) is 3.65. The molecule has 1 rings (SSSR count). The van der Waals surface area contributed by atoms with E-state index in [1.165, 1.54) is 0 Å². The van der Waals surface area contributed by atoms with Crippen LogP contribution in [0, 0.1) is 5.92 Å². The van der Waals surface area contributed by atoms with Crippen LogP contribution < -0.4 is 4.74 Å². The molecule has 0 bridgehead atoms. The number of aliphatic hydroxyl groups is 1. The van der Waals surface area contributed by atoms with E-state index in [1.807, 2.05) is 18.2 Å². The maximum Gasteiger partial charge on any atom is 0.125 e. The van der Waals surface area contributed by atoms with Gasteiger partial charge in [-0.1, -0.05) is 26.8 Å². The molecule has 0 saturated carbocycles. The van der Waals surface area contributed by atoms with Gasteiger partial charge in [0, 0.05) is 15.7 Å². The lowest BCUT2D eigenvalue weighted by atomic mass is 10.1. The summed E-state index contributed by atoms with van der Waals surface area (Å²) in [6, 6.07) is 5.92. The SMILES string of the molecule is COc1cccc(SC(C)C(C)C)c1[C@H](C)O. The average molecular weight is 254 g/mol. The maximum atomic E-state index is 9.87. The predicted octanol–water partition coefficient (Wildman–Crippen LogP) is 3.89. The van der Waals surface area contributed by atoms with Crippen LogP contribution in [0.2, 0.25) is 0 Å². The van der Waals surface area contributed by atoms with Gasteiger partial charge in [-0.15, -0.1) is 11.8 Å². The molecule has 0 fully saturated rings. The Balaban J connectivity index is 3.06. The lowest BCUT2D eigenvalue weighted by Crippen LogP contribution is -2.07. The van der Waals surface area contributed by atoms with E-state index in [-0.39, 0.29) is 0 Å². The van der Waals surface area contributed by atoms with E-state index in [1.54, 1.807) is 25.8 Å². The second-order valence-electron chi connectivity index (χ2n) is 4.62. The summed E-state index contributed by atoms with van der Waals surface area (Å²) in [6.07, 6.45) is -0.506. The fourth-order valence-electron chi connectivity index (χ4n) is 1.55. The molecule has 0 aliphatic rings. The second-order valence-corrected chi connectivity index (χ2v) is 6.03. The number of aliphatic hydroxyl groups excluding tert-OH is 1. The number of rotatable bonds is 5. The largest absolute Gasteiger partial charge is 0.496 e. The van der Waals surface area contributed by atoms with Crippen molar-refractivity contribution < 1.29 is 9.84 Å². The zero-order valence-corrected chi connectivity index (χ0v) is 12.0. The van der Waals surface area contributed by atoms with Crippen LogP contribution in [0.1, 0.15) is 39.4 Å². The van der Waals surface area contributed by atoms with E-state index < -0.39 is 6.10 Å². The first kappa shape index (κ1) is 14.4. The number of thioether (sulfide) groups is 1. The Bertz CT molecular complexity index is 361. The van der Waals surface area contributed by atoms with Gasteiger partial charge in [0.05, 0.1) is 13.2 Å². The van der Waals surface area contributed by atoms with Gasteiger partial charge in [-0.05, 0) is 25.0 Å². The summed E-state index contributed by atoms with van der Waals surface area (Å²) in [6.45, 7) is 8.41. The Morgan fingerprint density at radius 1 is 1.18 bits per heavy atom. The number of benzene rings is 1. The molecule has 0 heterocycles. The summed E-state index contributed by atoms with van der Waals surface area (Å²) in [5.41, 5.74) is 0.896. The summed E-state index contributed by atoms with van der Waals surface area (Å²) < 4.78 is 5.32. The van der Waals surface area contributed by atoms with Crippen molar-refractivity contribution in [2.24, 2.45) is 5.92 Å². The molecular formula is C14H22O2S.